The molecule has 2 aliphatic heterocycles. The van der Waals surface area contributed by atoms with E-state index in [9.17, 15) is 5.26 Å². The Hall–Kier alpha value is -5.14. The van der Waals surface area contributed by atoms with Crippen LogP contribution in [-0.2, 0) is 9.47 Å². The van der Waals surface area contributed by atoms with Gasteiger partial charge in [-0.2, -0.15) is 0 Å². The van der Waals surface area contributed by atoms with Crippen LogP contribution in [0.1, 0.15) is 29.7 Å². The number of rotatable bonds is 5. The average Bonchev–Trinajstić information content (AvgIpc) is 3.49. The molecule has 1 fully saturated rings. The van der Waals surface area contributed by atoms with Gasteiger partial charge >= 0.3 is 0 Å². The van der Waals surface area contributed by atoms with Gasteiger partial charge in [-0.1, -0.05) is 91.0 Å². The number of nitriles is 1. The molecule has 0 bridgehead atoms. The van der Waals surface area contributed by atoms with Crippen molar-refractivity contribution in [1.82, 2.24) is 0 Å². The fourth-order valence-corrected chi connectivity index (χ4v) is 7.67. The monoisotopic (exact) mass is 605 g/mol. The summed E-state index contributed by atoms with van der Waals surface area (Å²) in [6.45, 7) is 10.9. The number of nitrogens with zero attached hydrogens (tertiary/aromatic N) is 3. The molecule has 1 aliphatic carbocycles. The molecule has 0 radical (unpaired) electrons. The summed E-state index contributed by atoms with van der Waals surface area (Å²) in [5.74, 6) is 1.43. The van der Waals surface area contributed by atoms with Gasteiger partial charge in [0.05, 0.1) is 25.9 Å². The van der Waals surface area contributed by atoms with Crippen molar-refractivity contribution in [3.63, 3.8) is 0 Å². The Balaban J connectivity index is 1.45. The molecular formula is C39H31N3O2S. The number of morpholine rings is 1. The number of hydrogen-bond acceptors (Lipinski definition) is 5. The van der Waals surface area contributed by atoms with Crippen molar-refractivity contribution in [1.29, 1.82) is 5.26 Å². The van der Waals surface area contributed by atoms with E-state index in [2.05, 4.69) is 82.6 Å². The lowest BCUT2D eigenvalue weighted by Crippen LogP contribution is -2.35. The first kappa shape index (κ1) is 28.6. The van der Waals surface area contributed by atoms with E-state index < -0.39 is 0 Å². The van der Waals surface area contributed by atoms with Gasteiger partial charge in [0.15, 0.2) is 0 Å². The SMILES string of the molecule is [C-]#[N+]/C(C#N)=C1\C=C(c2ccccc2)OC2=C1CCC/C2=C\c1sc(N2CCOCC2)c(-c2ccccc2)c1-c1ccccc1. The van der Waals surface area contributed by atoms with Crippen LogP contribution in [0.4, 0.5) is 5.00 Å². The molecular weight excluding hydrogens is 575 g/mol. The van der Waals surface area contributed by atoms with Crippen molar-refractivity contribution in [2.24, 2.45) is 0 Å². The van der Waals surface area contributed by atoms with E-state index in [0.717, 1.165) is 54.8 Å². The van der Waals surface area contributed by atoms with Crippen LogP contribution in [0.5, 0.6) is 0 Å². The third kappa shape index (κ3) is 5.63. The average molecular weight is 606 g/mol. The van der Waals surface area contributed by atoms with E-state index in [1.54, 1.807) is 0 Å². The molecule has 3 heterocycles. The number of ether oxygens (including phenoxy) is 2. The molecule has 3 aromatic carbocycles. The summed E-state index contributed by atoms with van der Waals surface area (Å²) in [5, 5.41) is 11.2. The van der Waals surface area contributed by atoms with E-state index in [4.69, 9.17) is 16.0 Å². The lowest BCUT2D eigenvalue weighted by molar-refractivity contribution is 0.123. The van der Waals surface area contributed by atoms with Crippen molar-refractivity contribution in [3.05, 3.63) is 147 Å². The van der Waals surface area contributed by atoms with Crippen molar-refractivity contribution < 1.29 is 9.47 Å². The summed E-state index contributed by atoms with van der Waals surface area (Å²) in [6.07, 6.45) is 6.68. The summed E-state index contributed by atoms with van der Waals surface area (Å²) in [4.78, 5) is 7.24. The number of thiophene rings is 1. The first-order valence-corrected chi connectivity index (χ1v) is 16.1. The Morgan fingerprint density at radius 3 is 2.09 bits per heavy atom. The molecule has 7 rings (SSSR count). The van der Waals surface area contributed by atoms with Crippen LogP contribution in [0.2, 0.25) is 0 Å². The maximum absolute atomic E-state index is 9.91. The zero-order chi connectivity index (χ0) is 30.6. The summed E-state index contributed by atoms with van der Waals surface area (Å²) in [5.41, 5.74) is 8.51. The van der Waals surface area contributed by atoms with Gasteiger partial charge in [0.2, 0.25) is 0 Å². The summed E-state index contributed by atoms with van der Waals surface area (Å²) in [6, 6.07) is 33.4. The molecule has 1 aromatic heterocycles. The van der Waals surface area contributed by atoms with E-state index in [0.29, 0.717) is 24.5 Å². The van der Waals surface area contributed by atoms with Crippen molar-refractivity contribution in [3.8, 4) is 28.3 Å². The van der Waals surface area contributed by atoms with E-state index in [-0.39, 0.29) is 5.70 Å². The number of anilines is 1. The first-order chi connectivity index (χ1) is 22.2. The highest BCUT2D eigenvalue weighted by Crippen LogP contribution is 2.51. The molecule has 5 nitrogen and oxygen atoms in total. The maximum Gasteiger partial charge on any atom is 0.269 e. The summed E-state index contributed by atoms with van der Waals surface area (Å²) < 4.78 is 12.5. The molecule has 0 spiro atoms. The summed E-state index contributed by atoms with van der Waals surface area (Å²) >= 11 is 1.82. The second-order valence-corrected chi connectivity index (χ2v) is 12.2. The Morgan fingerprint density at radius 1 is 0.844 bits per heavy atom. The number of allylic oxidation sites excluding steroid dienone is 5. The molecule has 1 saturated heterocycles. The van der Waals surface area contributed by atoms with Gasteiger partial charge in [-0.15, -0.1) is 11.3 Å². The van der Waals surface area contributed by atoms with Gasteiger partial charge in [0.25, 0.3) is 5.70 Å². The lowest BCUT2D eigenvalue weighted by Gasteiger charge is -2.29. The maximum atomic E-state index is 9.91. The molecule has 0 atom stereocenters. The molecule has 220 valence electrons. The van der Waals surface area contributed by atoms with Crippen LogP contribution in [-0.4, -0.2) is 26.3 Å². The molecule has 0 amide bonds. The normalized spacial score (nSPS) is 18.4. The Labute approximate surface area is 268 Å². The van der Waals surface area contributed by atoms with Gasteiger partial charge in [-0.3, -0.25) is 0 Å². The van der Waals surface area contributed by atoms with E-state index in [1.165, 1.54) is 32.1 Å². The first-order valence-electron chi connectivity index (χ1n) is 15.3. The Kier molecular flexibility index (Phi) is 8.17. The highest BCUT2D eigenvalue weighted by atomic mass is 32.1. The summed E-state index contributed by atoms with van der Waals surface area (Å²) in [7, 11) is 0. The fourth-order valence-electron chi connectivity index (χ4n) is 6.31. The van der Waals surface area contributed by atoms with Crippen LogP contribution >= 0.6 is 11.3 Å². The predicted molar refractivity (Wildman–Crippen MR) is 182 cm³/mol. The van der Waals surface area contributed by atoms with Crippen LogP contribution in [0.15, 0.2) is 125 Å². The van der Waals surface area contributed by atoms with Crippen LogP contribution < -0.4 is 4.90 Å². The smallest absolute Gasteiger partial charge is 0.269 e. The predicted octanol–water partition coefficient (Wildman–Crippen LogP) is 9.51. The quantitative estimate of drug-likeness (QED) is 0.168. The lowest BCUT2D eigenvalue weighted by atomic mass is 9.85. The second-order valence-electron chi connectivity index (χ2n) is 11.1. The van der Waals surface area contributed by atoms with Crippen LogP contribution in [0.25, 0.3) is 38.9 Å². The van der Waals surface area contributed by atoms with Gasteiger partial charge in [0.1, 0.15) is 16.5 Å². The topological polar surface area (TPSA) is 49.8 Å². The highest BCUT2D eigenvalue weighted by molar-refractivity contribution is 7.18. The minimum Gasteiger partial charge on any atom is -0.456 e. The van der Waals surface area contributed by atoms with Gasteiger partial charge < -0.3 is 14.4 Å². The Bertz CT molecular complexity index is 1920. The molecule has 6 heteroatoms. The molecule has 3 aliphatic rings. The standard InChI is InChI=1S/C39H31N3O2S/c1-41-33(26-40)32-25-34(27-12-5-2-6-13-27)44-38-30(18-11-19-31(32)38)24-35-36(28-14-7-3-8-15-28)37(29-16-9-4-10-17-29)39(45-35)42-20-22-43-23-21-42/h2-10,12-17,24-25H,11,18-23H2/b30-24+,33-32+. The fraction of sp³-hybridized carbons (Fsp3) is 0.179. The number of benzene rings is 3. The molecule has 0 saturated carbocycles. The van der Waals surface area contributed by atoms with E-state index in [1.807, 2.05) is 47.7 Å². The zero-order valence-electron chi connectivity index (χ0n) is 24.8. The molecule has 45 heavy (non-hydrogen) atoms. The van der Waals surface area contributed by atoms with Crippen LogP contribution in [0, 0.1) is 17.9 Å². The Morgan fingerprint density at radius 2 is 1.47 bits per heavy atom. The third-order valence-electron chi connectivity index (χ3n) is 8.43. The largest absolute Gasteiger partial charge is 0.456 e. The van der Waals surface area contributed by atoms with Gasteiger partial charge in [0, 0.05) is 40.2 Å². The molecule has 0 N–H and O–H groups in total. The minimum absolute atomic E-state index is 0.0996. The van der Waals surface area contributed by atoms with E-state index >= 15 is 0 Å². The molecule has 4 aromatic rings. The van der Waals surface area contributed by atoms with Gasteiger partial charge in [-0.25, -0.2) is 10.1 Å². The zero-order valence-corrected chi connectivity index (χ0v) is 25.6. The number of hydrogen-bond donors (Lipinski definition) is 0. The highest BCUT2D eigenvalue weighted by Gasteiger charge is 2.30. The van der Waals surface area contributed by atoms with Crippen molar-refractivity contribution in [2.75, 3.05) is 31.2 Å². The molecule has 0 unspecified atom stereocenters. The van der Waals surface area contributed by atoms with Crippen molar-refractivity contribution in [2.45, 2.75) is 19.3 Å². The second kappa shape index (κ2) is 12.8. The van der Waals surface area contributed by atoms with Gasteiger partial charge in [-0.05, 0) is 53.7 Å². The van der Waals surface area contributed by atoms with Crippen LogP contribution in [0.3, 0.4) is 0 Å². The van der Waals surface area contributed by atoms with Crippen molar-refractivity contribution >= 4 is 28.2 Å². The minimum atomic E-state index is 0.0996. The third-order valence-corrected chi connectivity index (χ3v) is 9.63.